The lowest BCUT2D eigenvalue weighted by Crippen LogP contribution is -2.55. The van der Waals surface area contributed by atoms with Gasteiger partial charge >= 0.3 is 0 Å². The van der Waals surface area contributed by atoms with Crippen molar-refractivity contribution in [3.05, 3.63) is 0 Å². The Morgan fingerprint density at radius 1 is 1.07 bits per heavy atom. The molecule has 1 aliphatic heterocycles. The van der Waals surface area contributed by atoms with E-state index in [1.165, 1.54) is 25.7 Å². The van der Waals surface area contributed by atoms with Crippen molar-refractivity contribution in [3.8, 4) is 0 Å². The normalized spacial score (nSPS) is 25.0. The van der Waals surface area contributed by atoms with Crippen molar-refractivity contribution in [2.24, 2.45) is 0 Å². The molecule has 1 heterocycles. The molecule has 3 nitrogen and oxygen atoms in total. The molecule has 0 N–H and O–H groups in total. The van der Waals surface area contributed by atoms with Crippen LogP contribution in [0.3, 0.4) is 0 Å². The predicted octanol–water partition coefficient (Wildman–Crippen LogP) is 2.01. The van der Waals surface area contributed by atoms with Gasteiger partial charge in [-0.3, -0.25) is 4.90 Å². The Hall–Kier alpha value is -0.120. The topological polar surface area (TPSA) is 21.7 Å². The van der Waals surface area contributed by atoms with Crippen LogP contribution >= 0.6 is 0 Å². The van der Waals surface area contributed by atoms with Crippen LogP contribution in [0.15, 0.2) is 0 Å². The molecule has 0 bridgehead atoms. The first-order valence-corrected chi connectivity index (χ1v) is 6.23. The van der Waals surface area contributed by atoms with Crippen LogP contribution in [0.1, 0.15) is 39.5 Å². The van der Waals surface area contributed by atoms with Crippen molar-refractivity contribution >= 4 is 0 Å². The van der Waals surface area contributed by atoms with Crippen LogP contribution in [0.4, 0.5) is 0 Å². The average Bonchev–Trinajstić information content (AvgIpc) is 2.60. The van der Waals surface area contributed by atoms with Crippen molar-refractivity contribution in [1.82, 2.24) is 4.90 Å². The molecule has 0 aromatic rings. The summed E-state index contributed by atoms with van der Waals surface area (Å²) in [7, 11) is 0. The molecule has 2 fully saturated rings. The summed E-state index contributed by atoms with van der Waals surface area (Å²) < 4.78 is 11.3. The lowest BCUT2D eigenvalue weighted by atomic mass is 10.1. The Balaban J connectivity index is 1.49. The SMILES string of the molecule is CC(C)N1CC(OCOC2CCCC2)C1. The minimum absolute atomic E-state index is 0.411. The van der Waals surface area contributed by atoms with Crippen LogP contribution in [0, 0.1) is 0 Å². The van der Waals surface area contributed by atoms with Crippen LogP contribution in [-0.2, 0) is 9.47 Å². The molecular formula is C12H23NO2. The highest BCUT2D eigenvalue weighted by molar-refractivity contribution is 4.82. The maximum Gasteiger partial charge on any atom is 0.147 e. The first kappa shape index (κ1) is 11.4. The number of likely N-dealkylation sites (tertiary alicyclic amines) is 1. The Labute approximate surface area is 92.7 Å². The van der Waals surface area contributed by atoms with Gasteiger partial charge in [-0.2, -0.15) is 0 Å². The van der Waals surface area contributed by atoms with Gasteiger partial charge in [0.2, 0.25) is 0 Å². The van der Waals surface area contributed by atoms with Gasteiger partial charge in [0.05, 0.1) is 12.2 Å². The van der Waals surface area contributed by atoms with E-state index in [1.54, 1.807) is 0 Å². The summed E-state index contributed by atoms with van der Waals surface area (Å²) in [4.78, 5) is 2.42. The zero-order chi connectivity index (χ0) is 10.7. The molecule has 0 amide bonds. The summed E-state index contributed by atoms with van der Waals surface area (Å²) in [5, 5.41) is 0. The number of ether oxygens (including phenoxy) is 2. The molecule has 0 atom stereocenters. The quantitative estimate of drug-likeness (QED) is 0.652. The molecule has 2 aliphatic rings. The lowest BCUT2D eigenvalue weighted by molar-refractivity contribution is -0.156. The van der Waals surface area contributed by atoms with Crippen LogP contribution in [-0.4, -0.2) is 43.0 Å². The molecule has 0 radical (unpaired) electrons. The van der Waals surface area contributed by atoms with Gasteiger partial charge in [0.1, 0.15) is 6.79 Å². The monoisotopic (exact) mass is 213 g/mol. The fraction of sp³-hybridized carbons (Fsp3) is 1.00. The highest BCUT2D eigenvalue weighted by Gasteiger charge is 2.29. The first-order valence-electron chi connectivity index (χ1n) is 6.23. The largest absolute Gasteiger partial charge is 0.352 e. The fourth-order valence-electron chi connectivity index (χ4n) is 2.28. The Morgan fingerprint density at radius 2 is 1.67 bits per heavy atom. The number of rotatable bonds is 5. The minimum atomic E-state index is 0.411. The second kappa shape index (κ2) is 5.28. The molecule has 15 heavy (non-hydrogen) atoms. The second-order valence-corrected chi connectivity index (χ2v) is 5.03. The molecule has 1 saturated heterocycles. The van der Waals surface area contributed by atoms with Gasteiger partial charge in [-0.25, -0.2) is 0 Å². The zero-order valence-electron chi connectivity index (χ0n) is 9.95. The number of hydrogen-bond acceptors (Lipinski definition) is 3. The molecule has 1 saturated carbocycles. The van der Waals surface area contributed by atoms with E-state index in [1.807, 2.05) is 0 Å². The third-order valence-electron chi connectivity index (χ3n) is 3.52. The summed E-state index contributed by atoms with van der Waals surface area (Å²) in [6.45, 7) is 7.11. The van der Waals surface area contributed by atoms with Crippen molar-refractivity contribution in [2.75, 3.05) is 19.9 Å². The van der Waals surface area contributed by atoms with Crippen LogP contribution in [0.25, 0.3) is 0 Å². The van der Waals surface area contributed by atoms with E-state index in [9.17, 15) is 0 Å². The van der Waals surface area contributed by atoms with Gasteiger partial charge in [-0.15, -0.1) is 0 Å². The van der Waals surface area contributed by atoms with Gasteiger partial charge in [-0.05, 0) is 26.7 Å². The van der Waals surface area contributed by atoms with Crippen LogP contribution in [0.5, 0.6) is 0 Å². The van der Waals surface area contributed by atoms with Crippen molar-refractivity contribution in [1.29, 1.82) is 0 Å². The highest BCUT2D eigenvalue weighted by Crippen LogP contribution is 2.21. The van der Waals surface area contributed by atoms with Crippen LogP contribution in [0.2, 0.25) is 0 Å². The number of hydrogen-bond donors (Lipinski definition) is 0. The molecule has 2 rings (SSSR count). The van der Waals surface area contributed by atoms with E-state index < -0.39 is 0 Å². The van der Waals surface area contributed by atoms with Gasteiger partial charge < -0.3 is 9.47 Å². The van der Waals surface area contributed by atoms with E-state index in [0.717, 1.165) is 13.1 Å². The molecule has 0 aromatic carbocycles. The third kappa shape index (κ3) is 3.16. The van der Waals surface area contributed by atoms with E-state index in [4.69, 9.17) is 9.47 Å². The van der Waals surface area contributed by atoms with Crippen molar-refractivity contribution in [2.45, 2.75) is 57.8 Å². The molecule has 88 valence electrons. The average molecular weight is 213 g/mol. The minimum Gasteiger partial charge on any atom is -0.352 e. The summed E-state index contributed by atoms with van der Waals surface area (Å²) in [6.07, 6.45) is 6.00. The number of nitrogens with zero attached hydrogens (tertiary/aromatic N) is 1. The van der Waals surface area contributed by atoms with Gasteiger partial charge in [-0.1, -0.05) is 12.8 Å². The molecule has 3 heteroatoms. The Bertz CT molecular complexity index is 184. The maximum atomic E-state index is 5.66. The molecule has 1 aliphatic carbocycles. The standard InChI is InChI=1S/C12H23NO2/c1-10(2)13-7-12(8-13)15-9-14-11-5-3-4-6-11/h10-12H,3-9H2,1-2H3. The summed E-state index contributed by atoms with van der Waals surface area (Å²) in [6, 6.07) is 0.653. The van der Waals surface area contributed by atoms with Gasteiger partial charge in [0.15, 0.2) is 0 Å². The summed E-state index contributed by atoms with van der Waals surface area (Å²) in [5.74, 6) is 0. The van der Waals surface area contributed by atoms with Crippen molar-refractivity contribution < 1.29 is 9.47 Å². The second-order valence-electron chi connectivity index (χ2n) is 5.03. The van der Waals surface area contributed by atoms with Gasteiger partial charge in [0.25, 0.3) is 0 Å². The highest BCUT2D eigenvalue weighted by atomic mass is 16.7. The summed E-state index contributed by atoms with van der Waals surface area (Å²) >= 11 is 0. The fourth-order valence-corrected chi connectivity index (χ4v) is 2.28. The lowest BCUT2D eigenvalue weighted by Gasteiger charge is -2.41. The molecule has 0 aromatic heterocycles. The first-order chi connectivity index (χ1) is 7.25. The summed E-state index contributed by atoms with van der Waals surface area (Å²) in [5.41, 5.74) is 0. The van der Waals surface area contributed by atoms with Gasteiger partial charge in [0, 0.05) is 19.1 Å². The van der Waals surface area contributed by atoms with Crippen LogP contribution < -0.4 is 0 Å². The van der Waals surface area contributed by atoms with E-state index in [0.29, 0.717) is 25.0 Å². The molecule has 0 spiro atoms. The van der Waals surface area contributed by atoms with E-state index >= 15 is 0 Å². The molecular weight excluding hydrogens is 190 g/mol. The Kier molecular flexibility index (Phi) is 4.00. The zero-order valence-corrected chi connectivity index (χ0v) is 9.95. The maximum absolute atomic E-state index is 5.66. The van der Waals surface area contributed by atoms with E-state index in [-0.39, 0.29) is 0 Å². The predicted molar refractivity (Wildman–Crippen MR) is 59.8 cm³/mol. The smallest absolute Gasteiger partial charge is 0.147 e. The Morgan fingerprint density at radius 3 is 2.27 bits per heavy atom. The van der Waals surface area contributed by atoms with E-state index in [2.05, 4.69) is 18.7 Å². The third-order valence-corrected chi connectivity index (χ3v) is 3.52. The van der Waals surface area contributed by atoms with Crippen molar-refractivity contribution in [3.63, 3.8) is 0 Å². The molecule has 0 unspecified atom stereocenters.